The van der Waals surface area contributed by atoms with Crippen LogP contribution < -0.4 is 5.69 Å². The van der Waals surface area contributed by atoms with Crippen LogP contribution in [0.4, 0.5) is 0 Å². The minimum Gasteiger partial charge on any atom is -0.351 e. The van der Waals surface area contributed by atoms with Crippen LogP contribution in [-0.4, -0.2) is 43.2 Å². The van der Waals surface area contributed by atoms with Crippen LogP contribution in [0.5, 0.6) is 0 Å². The lowest BCUT2D eigenvalue weighted by Gasteiger charge is -2.31. The Morgan fingerprint density at radius 3 is 2.47 bits per heavy atom. The summed E-state index contributed by atoms with van der Waals surface area (Å²) in [7, 11) is 1.68. The van der Waals surface area contributed by atoms with E-state index in [-0.39, 0.29) is 17.5 Å². The molecule has 5 rings (SSSR count). The summed E-state index contributed by atoms with van der Waals surface area (Å²) in [5.74, 6) is 0.920. The Kier molecular flexibility index (Phi) is 4.50. The molecular weight excluding hydrogens is 378 g/mol. The highest BCUT2D eigenvalue weighted by atomic mass is 16.2. The second-order valence-electron chi connectivity index (χ2n) is 7.77. The zero-order chi connectivity index (χ0) is 20.7. The van der Waals surface area contributed by atoms with Gasteiger partial charge in [-0.25, -0.2) is 14.0 Å². The summed E-state index contributed by atoms with van der Waals surface area (Å²) in [6.07, 6.45) is 1.55. The lowest BCUT2D eigenvalue weighted by Crippen LogP contribution is -2.38. The van der Waals surface area contributed by atoms with Crippen LogP contribution in [0, 0.1) is 0 Å². The van der Waals surface area contributed by atoms with Gasteiger partial charge >= 0.3 is 5.69 Å². The number of carbonyl (C=O) groups is 1. The van der Waals surface area contributed by atoms with Crippen LogP contribution in [0.2, 0.25) is 0 Å². The number of amides is 1. The van der Waals surface area contributed by atoms with E-state index in [0.29, 0.717) is 18.8 Å². The molecule has 7 heteroatoms. The minimum atomic E-state index is -0.146. The first kappa shape index (κ1) is 18.4. The molecule has 1 aliphatic rings. The standard InChI is InChI=1S/C23H23N5O2/c1-26-23(30)28(18-8-3-2-4-9-18)21(25-26)16-11-13-27(14-12-16)22(29)20-15-17-7-5-6-10-19(17)24-20/h2-10,15-16,24H,11-14H2,1H3. The Hall–Kier alpha value is -3.61. The molecule has 2 aromatic heterocycles. The summed E-state index contributed by atoms with van der Waals surface area (Å²) in [6.45, 7) is 1.27. The van der Waals surface area contributed by atoms with Gasteiger partial charge in [0.15, 0.2) is 0 Å². The van der Waals surface area contributed by atoms with Crippen LogP contribution in [0.1, 0.15) is 35.1 Å². The molecule has 7 nitrogen and oxygen atoms in total. The van der Waals surface area contributed by atoms with Gasteiger partial charge in [0.1, 0.15) is 11.5 Å². The maximum atomic E-state index is 13.0. The highest BCUT2D eigenvalue weighted by Gasteiger charge is 2.29. The third-order valence-electron chi connectivity index (χ3n) is 5.87. The van der Waals surface area contributed by atoms with Gasteiger partial charge in [-0.3, -0.25) is 4.79 Å². The number of carbonyl (C=O) groups excluding carboxylic acids is 1. The van der Waals surface area contributed by atoms with Gasteiger partial charge in [-0.1, -0.05) is 36.4 Å². The third-order valence-corrected chi connectivity index (χ3v) is 5.87. The number of benzene rings is 2. The molecule has 4 aromatic rings. The average Bonchev–Trinajstić information content (AvgIpc) is 3.35. The molecular formula is C23H23N5O2. The van der Waals surface area contributed by atoms with Gasteiger partial charge in [0, 0.05) is 37.0 Å². The number of para-hydroxylation sites is 2. The summed E-state index contributed by atoms with van der Waals surface area (Å²) in [4.78, 5) is 30.8. The number of H-pyrrole nitrogens is 1. The normalized spacial score (nSPS) is 15.0. The predicted octanol–water partition coefficient (Wildman–Crippen LogP) is 3.07. The van der Waals surface area contributed by atoms with E-state index < -0.39 is 0 Å². The Morgan fingerprint density at radius 1 is 1.03 bits per heavy atom. The summed E-state index contributed by atoms with van der Waals surface area (Å²) >= 11 is 0. The molecule has 1 fully saturated rings. The number of aromatic nitrogens is 4. The molecule has 30 heavy (non-hydrogen) atoms. The van der Waals surface area contributed by atoms with Crippen LogP contribution in [0.15, 0.2) is 65.5 Å². The summed E-state index contributed by atoms with van der Waals surface area (Å²) in [5, 5.41) is 5.56. The molecule has 0 spiro atoms. The number of aryl methyl sites for hydroxylation is 1. The predicted molar refractivity (Wildman–Crippen MR) is 115 cm³/mol. The first-order chi connectivity index (χ1) is 14.6. The molecule has 1 N–H and O–H groups in total. The monoisotopic (exact) mass is 401 g/mol. The zero-order valence-electron chi connectivity index (χ0n) is 16.8. The summed E-state index contributed by atoms with van der Waals surface area (Å²) in [6, 6.07) is 19.4. The number of nitrogens with zero attached hydrogens (tertiary/aromatic N) is 4. The van der Waals surface area contributed by atoms with Crippen molar-refractivity contribution in [2.24, 2.45) is 7.05 Å². The molecule has 1 amide bonds. The second kappa shape index (κ2) is 7.33. The molecule has 0 radical (unpaired) electrons. The van der Waals surface area contributed by atoms with Crippen molar-refractivity contribution in [1.29, 1.82) is 0 Å². The number of rotatable bonds is 3. The number of aromatic amines is 1. The topological polar surface area (TPSA) is 75.9 Å². The third kappa shape index (κ3) is 3.12. The van der Waals surface area contributed by atoms with E-state index in [1.54, 1.807) is 11.6 Å². The van der Waals surface area contributed by atoms with Crippen LogP contribution in [0.25, 0.3) is 16.6 Å². The second-order valence-corrected chi connectivity index (χ2v) is 7.77. The molecule has 0 aliphatic carbocycles. The van der Waals surface area contributed by atoms with Gasteiger partial charge in [0.2, 0.25) is 0 Å². The van der Waals surface area contributed by atoms with Crippen molar-refractivity contribution in [3.63, 3.8) is 0 Å². The minimum absolute atomic E-state index is 0.0196. The van der Waals surface area contributed by atoms with Gasteiger partial charge in [-0.15, -0.1) is 0 Å². The molecule has 0 bridgehead atoms. The molecule has 0 saturated carbocycles. The molecule has 1 saturated heterocycles. The maximum absolute atomic E-state index is 13.0. The van der Waals surface area contributed by atoms with Crippen molar-refractivity contribution in [2.45, 2.75) is 18.8 Å². The van der Waals surface area contributed by atoms with Crippen molar-refractivity contribution in [2.75, 3.05) is 13.1 Å². The molecule has 1 aliphatic heterocycles. The lowest BCUT2D eigenvalue weighted by atomic mass is 9.95. The van der Waals surface area contributed by atoms with Gasteiger partial charge in [-0.2, -0.15) is 5.10 Å². The van der Waals surface area contributed by atoms with E-state index in [2.05, 4.69) is 10.1 Å². The summed E-state index contributed by atoms with van der Waals surface area (Å²) < 4.78 is 3.09. The largest absolute Gasteiger partial charge is 0.351 e. The molecule has 0 atom stereocenters. The van der Waals surface area contributed by atoms with E-state index in [4.69, 9.17) is 0 Å². The highest BCUT2D eigenvalue weighted by molar-refractivity contribution is 5.98. The molecule has 152 valence electrons. The fraction of sp³-hybridized carbons (Fsp3) is 0.261. The van der Waals surface area contributed by atoms with E-state index in [1.165, 1.54) is 4.68 Å². The van der Waals surface area contributed by atoms with Gasteiger partial charge in [0.05, 0.1) is 5.69 Å². The average molecular weight is 401 g/mol. The Morgan fingerprint density at radius 2 is 1.73 bits per heavy atom. The molecule has 0 unspecified atom stereocenters. The van der Waals surface area contributed by atoms with Gasteiger partial charge < -0.3 is 9.88 Å². The van der Waals surface area contributed by atoms with Crippen LogP contribution in [0.3, 0.4) is 0 Å². The zero-order valence-corrected chi connectivity index (χ0v) is 16.8. The van der Waals surface area contributed by atoms with Crippen LogP contribution in [-0.2, 0) is 7.05 Å². The number of likely N-dealkylation sites (tertiary alicyclic amines) is 1. The van der Waals surface area contributed by atoms with Gasteiger partial charge in [-0.05, 0) is 37.1 Å². The van der Waals surface area contributed by atoms with E-state index >= 15 is 0 Å². The van der Waals surface area contributed by atoms with E-state index in [1.807, 2.05) is 65.6 Å². The number of fused-ring (bicyclic) bond motifs is 1. The van der Waals surface area contributed by atoms with Crippen molar-refractivity contribution in [3.8, 4) is 5.69 Å². The maximum Gasteiger partial charge on any atom is 0.350 e. The van der Waals surface area contributed by atoms with Crippen molar-refractivity contribution >= 4 is 16.8 Å². The highest BCUT2D eigenvalue weighted by Crippen LogP contribution is 2.28. The van der Waals surface area contributed by atoms with Crippen molar-refractivity contribution in [3.05, 3.63) is 82.7 Å². The van der Waals surface area contributed by atoms with Crippen molar-refractivity contribution < 1.29 is 4.79 Å². The van der Waals surface area contributed by atoms with E-state index in [0.717, 1.165) is 35.3 Å². The lowest BCUT2D eigenvalue weighted by molar-refractivity contribution is 0.0705. The number of hydrogen-bond acceptors (Lipinski definition) is 3. The Balaban J connectivity index is 1.36. The number of nitrogens with one attached hydrogen (secondary N) is 1. The SMILES string of the molecule is Cn1nc(C2CCN(C(=O)c3cc4ccccc4[nH]3)CC2)n(-c2ccccc2)c1=O. The Bertz CT molecular complexity index is 1230. The first-order valence-corrected chi connectivity index (χ1v) is 10.2. The quantitative estimate of drug-likeness (QED) is 0.573. The van der Waals surface area contributed by atoms with Crippen molar-refractivity contribution in [1.82, 2.24) is 24.2 Å². The first-order valence-electron chi connectivity index (χ1n) is 10.2. The fourth-order valence-corrected chi connectivity index (χ4v) is 4.27. The number of hydrogen-bond donors (Lipinski definition) is 1. The number of piperidine rings is 1. The van der Waals surface area contributed by atoms with Gasteiger partial charge in [0.25, 0.3) is 5.91 Å². The fourth-order valence-electron chi connectivity index (χ4n) is 4.27. The Labute approximate surface area is 173 Å². The molecule has 2 aromatic carbocycles. The van der Waals surface area contributed by atoms with Crippen LogP contribution >= 0.6 is 0 Å². The summed E-state index contributed by atoms with van der Waals surface area (Å²) in [5.41, 5.74) is 2.26. The smallest absolute Gasteiger partial charge is 0.350 e. The van der Waals surface area contributed by atoms with E-state index in [9.17, 15) is 9.59 Å². The molecule has 3 heterocycles.